The Balaban J connectivity index is 2.16. The van der Waals surface area contributed by atoms with Crippen LogP contribution in [0.2, 0.25) is 0 Å². The van der Waals surface area contributed by atoms with Crippen molar-refractivity contribution < 1.29 is 9.09 Å². The van der Waals surface area contributed by atoms with Crippen LogP contribution in [-0.4, -0.2) is 15.7 Å². The number of halogens is 4. The van der Waals surface area contributed by atoms with Crippen LogP contribution in [0.4, 0.5) is 0 Å². The summed E-state index contributed by atoms with van der Waals surface area (Å²) in [6.45, 7) is 2.72. The predicted molar refractivity (Wildman–Crippen MR) is 149 cm³/mol. The number of hydrogen-bond donors (Lipinski definition) is 0. The third kappa shape index (κ3) is 8.37. The van der Waals surface area contributed by atoms with Gasteiger partial charge in [-0.2, -0.15) is 0 Å². The normalized spacial score (nSPS) is 17.5. The summed E-state index contributed by atoms with van der Waals surface area (Å²) in [5.74, 6) is 0. The Kier molecular flexibility index (Phi) is 13.2. The number of hydrogen-bond acceptors (Lipinski definition) is 2. The first-order valence-corrected chi connectivity index (χ1v) is 16.2. The Labute approximate surface area is 221 Å². The van der Waals surface area contributed by atoms with E-state index in [9.17, 15) is 4.57 Å². The summed E-state index contributed by atoms with van der Waals surface area (Å²) in [6, 6.07) is 20.1. The molecule has 0 aromatic heterocycles. The van der Waals surface area contributed by atoms with Crippen molar-refractivity contribution in [2.24, 2.45) is 0 Å². The summed E-state index contributed by atoms with van der Waals surface area (Å²) in [5, 5.41) is 0. The van der Waals surface area contributed by atoms with Gasteiger partial charge in [0.05, 0.1) is 16.3 Å². The zero-order valence-corrected chi connectivity index (χ0v) is 25.0. The van der Waals surface area contributed by atoms with Crippen molar-refractivity contribution in [3.8, 4) is 0 Å². The first-order chi connectivity index (χ1) is 14.9. The fraction of sp³-hybridized carbons (Fsp3) is 0.500. The van der Waals surface area contributed by atoms with Crippen LogP contribution in [0.15, 0.2) is 60.7 Å². The molecular formula is C24H31Br4O2P. The quantitative estimate of drug-likeness (QED) is 0.111. The van der Waals surface area contributed by atoms with E-state index < -0.39 is 7.37 Å². The maximum Gasteiger partial charge on any atom is 0.232 e. The smallest absolute Gasteiger partial charge is 0.232 e. The van der Waals surface area contributed by atoms with Gasteiger partial charge in [0.1, 0.15) is 9.14 Å². The second kappa shape index (κ2) is 14.7. The minimum absolute atomic E-state index is 0.139. The summed E-state index contributed by atoms with van der Waals surface area (Å²) in [6.07, 6.45) is 6.99. The lowest BCUT2D eigenvalue weighted by molar-refractivity contribution is 0.298. The largest absolute Gasteiger partial charge is 0.327 e. The van der Waals surface area contributed by atoms with Crippen molar-refractivity contribution in [2.45, 2.75) is 64.2 Å². The molecule has 4 unspecified atom stereocenters. The maximum atomic E-state index is 14.4. The third-order valence-electron chi connectivity index (χ3n) is 5.20. The van der Waals surface area contributed by atoms with Crippen molar-refractivity contribution in [1.82, 2.24) is 0 Å². The number of alkyl halides is 4. The van der Waals surface area contributed by atoms with Gasteiger partial charge in [0.25, 0.3) is 0 Å². The van der Waals surface area contributed by atoms with E-state index in [-0.39, 0.29) is 18.8 Å². The van der Waals surface area contributed by atoms with Gasteiger partial charge in [-0.3, -0.25) is 4.57 Å². The molecule has 2 nitrogen and oxygen atoms in total. The Morgan fingerprint density at radius 1 is 0.710 bits per heavy atom. The van der Waals surface area contributed by atoms with Gasteiger partial charge >= 0.3 is 0 Å². The second-order valence-corrected chi connectivity index (χ2v) is 15.6. The van der Waals surface area contributed by atoms with Gasteiger partial charge < -0.3 is 4.52 Å². The molecule has 0 aliphatic rings. The zero-order chi connectivity index (χ0) is 22.7. The lowest BCUT2D eigenvalue weighted by Gasteiger charge is -2.33. The van der Waals surface area contributed by atoms with Gasteiger partial charge in [-0.25, -0.2) is 0 Å². The summed E-state index contributed by atoms with van der Waals surface area (Å²) in [5.41, 5.74) is 2.14. The highest BCUT2D eigenvalue weighted by atomic mass is 79.9. The van der Waals surface area contributed by atoms with E-state index in [1.165, 1.54) is 25.7 Å². The molecule has 2 aromatic carbocycles. The molecule has 0 N–H and O–H groups in total. The van der Waals surface area contributed by atoms with Crippen LogP contribution < -0.4 is 0 Å². The zero-order valence-electron chi connectivity index (χ0n) is 17.8. The van der Waals surface area contributed by atoms with Crippen LogP contribution in [-0.2, 0) is 9.09 Å². The van der Waals surface area contributed by atoms with Crippen molar-refractivity contribution in [1.29, 1.82) is 0 Å². The molecule has 0 saturated carbocycles. The Bertz CT molecular complexity index is 735. The first-order valence-electron chi connectivity index (χ1n) is 10.8. The molecule has 0 aliphatic heterocycles. The van der Waals surface area contributed by atoms with Crippen LogP contribution in [0.3, 0.4) is 0 Å². The molecule has 0 spiro atoms. The molecule has 0 bridgehead atoms. The fourth-order valence-electron chi connectivity index (χ4n) is 3.32. The second-order valence-electron chi connectivity index (χ2n) is 7.62. The summed E-state index contributed by atoms with van der Waals surface area (Å²) in [7, 11) is -3.17. The minimum Gasteiger partial charge on any atom is -0.327 e. The first kappa shape index (κ1) is 27.8. The Morgan fingerprint density at radius 2 is 1.13 bits per heavy atom. The molecule has 0 amide bonds. The predicted octanol–water partition coefficient (Wildman–Crippen LogP) is 10.4. The molecule has 0 saturated heterocycles. The van der Waals surface area contributed by atoms with Gasteiger partial charge in [0, 0.05) is 0 Å². The van der Waals surface area contributed by atoms with Gasteiger partial charge in [-0.1, -0.05) is 163 Å². The number of unbranched alkanes of at least 4 members (excludes halogenated alkanes) is 5. The number of rotatable bonds is 14. The fourth-order valence-corrected chi connectivity index (χ4v) is 11.8. The van der Waals surface area contributed by atoms with E-state index in [0.29, 0.717) is 6.61 Å². The van der Waals surface area contributed by atoms with Crippen LogP contribution in [0.25, 0.3) is 0 Å². The third-order valence-corrected chi connectivity index (χ3v) is 16.6. The van der Waals surface area contributed by atoms with Crippen molar-refractivity contribution >= 4 is 71.1 Å². The topological polar surface area (TPSA) is 26.3 Å². The minimum atomic E-state index is -3.17. The van der Waals surface area contributed by atoms with Crippen molar-refractivity contribution in [3.05, 3.63) is 71.8 Å². The number of benzene rings is 2. The highest BCUT2D eigenvalue weighted by molar-refractivity contribution is 9.14. The van der Waals surface area contributed by atoms with Gasteiger partial charge in [-0.15, -0.1) is 0 Å². The van der Waals surface area contributed by atoms with Crippen molar-refractivity contribution in [3.63, 3.8) is 0 Å². The summed E-state index contributed by atoms with van der Waals surface area (Å²) in [4.78, 5) is -0.278. The molecule has 31 heavy (non-hydrogen) atoms. The molecule has 0 radical (unpaired) electrons. The Morgan fingerprint density at radius 3 is 1.58 bits per heavy atom. The van der Waals surface area contributed by atoms with E-state index in [2.05, 4.69) is 70.6 Å². The average Bonchev–Trinajstić information content (AvgIpc) is 2.82. The van der Waals surface area contributed by atoms with E-state index in [1.54, 1.807) is 0 Å². The molecule has 0 heterocycles. The van der Waals surface area contributed by atoms with Crippen LogP contribution in [0.5, 0.6) is 0 Å². The van der Waals surface area contributed by atoms with Crippen LogP contribution >= 0.6 is 71.1 Å². The molecule has 7 heteroatoms. The average molecular weight is 702 g/mol. The monoisotopic (exact) mass is 698 g/mol. The van der Waals surface area contributed by atoms with E-state index in [1.807, 2.05) is 60.7 Å². The molecule has 2 aromatic rings. The van der Waals surface area contributed by atoms with Crippen LogP contribution in [0, 0.1) is 0 Å². The lowest BCUT2D eigenvalue weighted by atomic mass is 10.1. The Hall–Kier alpha value is 0.550. The standard InChI is InChI=1S/C24H31Br4O2P/c1-2-3-4-5-6-13-18-30-31(29,23(27)21(25)19-14-9-7-10-15-19)24(28)22(26)20-16-11-8-12-17-20/h7-12,14-17,21-24H,2-6,13,18H2,1H3. The summed E-state index contributed by atoms with van der Waals surface area (Å²) < 4.78 is 19.9. The molecule has 4 atom stereocenters. The lowest BCUT2D eigenvalue weighted by Crippen LogP contribution is -2.20. The molecule has 172 valence electrons. The van der Waals surface area contributed by atoms with Gasteiger partial charge in [0.2, 0.25) is 7.37 Å². The molecule has 2 rings (SSSR count). The highest BCUT2D eigenvalue weighted by Crippen LogP contribution is 2.68. The van der Waals surface area contributed by atoms with Crippen LogP contribution in [0.1, 0.15) is 66.2 Å². The highest BCUT2D eigenvalue weighted by Gasteiger charge is 2.46. The molecule has 0 aliphatic carbocycles. The summed E-state index contributed by atoms with van der Waals surface area (Å²) >= 11 is 15.1. The molecule has 0 fully saturated rings. The van der Waals surface area contributed by atoms with E-state index in [0.717, 1.165) is 24.0 Å². The van der Waals surface area contributed by atoms with Crippen molar-refractivity contribution in [2.75, 3.05) is 6.61 Å². The van der Waals surface area contributed by atoms with Gasteiger partial charge in [-0.05, 0) is 17.5 Å². The van der Waals surface area contributed by atoms with E-state index >= 15 is 0 Å². The maximum absolute atomic E-state index is 14.4. The molecular weight excluding hydrogens is 671 g/mol. The van der Waals surface area contributed by atoms with E-state index in [4.69, 9.17) is 4.52 Å². The SMILES string of the molecule is CCCCCCCCOP(=O)(C(Br)C(Br)c1ccccc1)C(Br)C(Br)c1ccccc1. The van der Waals surface area contributed by atoms with Gasteiger partial charge in [0.15, 0.2) is 0 Å².